The minimum Gasteiger partial charge on any atom is -0.489 e. The number of aliphatic imine (C=N–C) groups is 1. The molecule has 0 aliphatic heterocycles. The summed E-state index contributed by atoms with van der Waals surface area (Å²) in [7, 11) is 0. The van der Waals surface area contributed by atoms with E-state index < -0.39 is 17.2 Å². The fourth-order valence-corrected chi connectivity index (χ4v) is 2.68. The molecule has 0 saturated heterocycles. The molecule has 24 heavy (non-hydrogen) atoms. The maximum absolute atomic E-state index is 13.4. The monoisotopic (exact) mass is 341 g/mol. The number of hydrogen-bond acceptors (Lipinski definition) is 3. The predicted molar refractivity (Wildman–Crippen MR) is 89.3 cm³/mol. The maximum atomic E-state index is 13.4. The van der Waals surface area contributed by atoms with Crippen molar-refractivity contribution < 1.29 is 18.6 Å². The van der Waals surface area contributed by atoms with Crippen LogP contribution in [0.3, 0.4) is 0 Å². The van der Waals surface area contributed by atoms with Crippen molar-refractivity contribution in [2.75, 3.05) is 26.2 Å². The molecule has 0 heterocycles. The van der Waals surface area contributed by atoms with Crippen LogP contribution in [0.2, 0.25) is 0 Å². The SMILES string of the molecule is CCNC(=NCC1(O)CCCC1)NCCOc1ccc(F)cc1F. The first kappa shape index (κ1) is 18.4. The Morgan fingerprint density at radius 3 is 2.71 bits per heavy atom. The highest BCUT2D eigenvalue weighted by molar-refractivity contribution is 5.79. The van der Waals surface area contributed by atoms with Crippen molar-refractivity contribution in [1.82, 2.24) is 10.6 Å². The Morgan fingerprint density at radius 2 is 2.04 bits per heavy atom. The maximum Gasteiger partial charge on any atom is 0.191 e. The molecule has 1 saturated carbocycles. The zero-order chi connectivity index (χ0) is 17.4. The van der Waals surface area contributed by atoms with Gasteiger partial charge in [0.25, 0.3) is 0 Å². The van der Waals surface area contributed by atoms with Crippen molar-refractivity contribution in [3.05, 3.63) is 29.8 Å². The van der Waals surface area contributed by atoms with Crippen LogP contribution in [0.15, 0.2) is 23.2 Å². The number of halogens is 2. The Labute approximate surface area is 141 Å². The van der Waals surface area contributed by atoms with Crippen molar-refractivity contribution in [3.63, 3.8) is 0 Å². The zero-order valence-corrected chi connectivity index (χ0v) is 13.9. The number of nitrogens with one attached hydrogen (secondary N) is 2. The normalized spacial score (nSPS) is 16.9. The predicted octanol–water partition coefficient (Wildman–Crippen LogP) is 2.20. The molecule has 1 aromatic carbocycles. The van der Waals surface area contributed by atoms with Gasteiger partial charge in [-0.25, -0.2) is 8.78 Å². The molecule has 1 fully saturated rings. The van der Waals surface area contributed by atoms with Crippen LogP contribution in [0.4, 0.5) is 8.78 Å². The zero-order valence-electron chi connectivity index (χ0n) is 13.9. The fourth-order valence-electron chi connectivity index (χ4n) is 2.68. The van der Waals surface area contributed by atoms with E-state index in [1.165, 1.54) is 6.07 Å². The molecule has 5 nitrogen and oxygen atoms in total. The van der Waals surface area contributed by atoms with Crippen LogP contribution in [-0.4, -0.2) is 42.9 Å². The standard InChI is InChI=1S/C17H25F2N3O2/c1-2-20-16(22-12-17(23)7-3-4-8-17)21-9-10-24-15-6-5-13(18)11-14(15)19/h5-6,11,23H,2-4,7-10,12H2,1H3,(H2,20,21,22). The van der Waals surface area contributed by atoms with Gasteiger partial charge in [-0.15, -0.1) is 0 Å². The molecule has 0 amide bonds. The van der Waals surface area contributed by atoms with Crippen LogP contribution in [0.5, 0.6) is 5.75 Å². The van der Waals surface area contributed by atoms with E-state index in [1.807, 2.05) is 6.92 Å². The second-order valence-corrected chi connectivity index (χ2v) is 5.98. The van der Waals surface area contributed by atoms with Gasteiger partial charge in [0.15, 0.2) is 17.5 Å². The smallest absolute Gasteiger partial charge is 0.191 e. The molecule has 0 aromatic heterocycles. The van der Waals surface area contributed by atoms with Crippen molar-refractivity contribution in [2.24, 2.45) is 4.99 Å². The summed E-state index contributed by atoms with van der Waals surface area (Å²) in [6.45, 7) is 3.61. The van der Waals surface area contributed by atoms with Gasteiger partial charge < -0.3 is 20.5 Å². The fraction of sp³-hybridized carbons (Fsp3) is 0.588. The molecule has 0 spiro atoms. The number of hydrogen-bond donors (Lipinski definition) is 3. The third kappa shape index (κ3) is 5.63. The van der Waals surface area contributed by atoms with Crippen LogP contribution < -0.4 is 15.4 Å². The van der Waals surface area contributed by atoms with Gasteiger partial charge in [0.05, 0.1) is 18.7 Å². The van der Waals surface area contributed by atoms with E-state index in [0.29, 0.717) is 25.6 Å². The van der Waals surface area contributed by atoms with Gasteiger partial charge >= 0.3 is 0 Å². The number of nitrogens with zero attached hydrogens (tertiary/aromatic N) is 1. The first-order valence-electron chi connectivity index (χ1n) is 8.35. The van der Waals surface area contributed by atoms with E-state index in [0.717, 1.165) is 37.8 Å². The summed E-state index contributed by atoms with van der Waals surface area (Å²) < 4.78 is 31.5. The topological polar surface area (TPSA) is 65.9 Å². The lowest BCUT2D eigenvalue weighted by atomic mass is 10.0. The van der Waals surface area contributed by atoms with Gasteiger partial charge in [0, 0.05) is 12.6 Å². The van der Waals surface area contributed by atoms with Crippen molar-refractivity contribution >= 4 is 5.96 Å². The molecule has 1 aliphatic rings. The van der Waals surface area contributed by atoms with E-state index in [-0.39, 0.29) is 12.4 Å². The molecule has 0 atom stereocenters. The first-order valence-corrected chi connectivity index (χ1v) is 8.35. The average Bonchev–Trinajstić information content (AvgIpc) is 2.98. The molecule has 134 valence electrons. The lowest BCUT2D eigenvalue weighted by Gasteiger charge is -2.20. The van der Waals surface area contributed by atoms with Gasteiger partial charge in [-0.1, -0.05) is 12.8 Å². The molecular formula is C17H25F2N3O2. The Bertz CT molecular complexity index is 561. The molecule has 7 heteroatoms. The molecule has 0 radical (unpaired) electrons. The number of guanidine groups is 1. The lowest BCUT2D eigenvalue weighted by molar-refractivity contribution is 0.0574. The summed E-state index contributed by atoms with van der Waals surface area (Å²) >= 11 is 0. The number of benzene rings is 1. The lowest BCUT2D eigenvalue weighted by Crippen LogP contribution is -2.41. The summed E-state index contributed by atoms with van der Waals surface area (Å²) in [5.41, 5.74) is -0.698. The highest BCUT2D eigenvalue weighted by atomic mass is 19.1. The minimum absolute atomic E-state index is 0.0143. The molecule has 2 rings (SSSR count). The Balaban J connectivity index is 1.78. The van der Waals surface area contributed by atoms with Crippen LogP contribution in [0.1, 0.15) is 32.6 Å². The highest BCUT2D eigenvalue weighted by Gasteiger charge is 2.30. The summed E-state index contributed by atoms with van der Waals surface area (Å²) in [6.07, 6.45) is 3.63. The van der Waals surface area contributed by atoms with Crippen molar-refractivity contribution in [1.29, 1.82) is 0 Å². The summed E-state index contributed by atoms with van der Waals surface area (Å²) in [6, 6.07) is 3.20. The molecule has 1 aliphatic carbocycles. The van der Waals surface area contributed by atoms with Gasteiger partial charge in [-0.3, -0.25) is 4.99 Å². The van der Waals surface area contributed by atoms with Gasteiger partial charge in [-0.2, -0.15) is 0 Å². The van der Waals surface area contributed by atoms with Gasteiger partial charge in [0.1, 0.15) is 12.4 Å². The number of aliphatic hydroxyl groups is 1. The van der Waals surface area contributed by atoms with E-state index in [2.05, 4.69) is 15.6 Å². The van der Waals surface area contributed by atoms with Crippen LogP contribution in [0.25, 0.3) is 0 Å². The van der Waals surface area contributed by atoms with Crippen LogP contribution in [0, 0.1) is 11.6 Å². The van der Waals surface area contributed by atoms with Gasteiger partial charge in [0.2, 0.25) is 0 Å². The quantitative estimate of drug-likeness (QED) is 0.404. The molecule has 1 aromatic rings. The number of ether oxygens (including phenoxy) is 1. The molecule has 0 unspecified atom stereocenters. The van der Waals surface area contributed by atoms with Crippen LogP contribution in [-0.2, 0) is 0 Å². The van der Waals surface area contributed by atoms with E-state index in [1.54, 1.807) is 0 Å². The molecular weight excluding hydrogens is 316 g/mol. The molecule has 0 bridgehead atoms. The Kier molecular flexibility index (Phi) is 6.78. The van der Waals surface area contributed by atoms with Crippen molar-refractivity contribution in [3.8, 4) is 5.75 Å². The van der Waals surface area contributed by atoms with Crippen molar-refractivity contribution in [2.45, 2.75) is 38.2 Å². The first-order chi connectivity index (χ1) is 11.5. The minimum atomic E-state index is -0.723. The summed E-state index contributed by atoms with van der Waals surface area (Å²) in [5, 5.41) is 16.5. The van der Waals surface area contributed by atoms with E-state index >= 15 is 0 Å². The Hall–Kier alpha value is -1.89. The second-order valence-electron chi connectivity index (χ2n) is 5.98. The number of rotatable bonds is 7. The third-order valence-corrected chi connectivity index (χ3v) is 3.96. The Morgan fingerprint density at radius 1 is 1.29 bits per heavy atom. The van der Waals surface area contributed by atoms with E-state index in [4.69, 9.17) is 4.74 Å². The summed E-state index contributed by atoms with van der Waals surface area (Å²) in [4.78, 5) is 4.41. The van der Waals surface area contributed by atoms with Crippen LogP contribution >= 0.6 is 0 Å². The summed E-state index contributed by atoms with van der Waals surface area (Å²) in [5.74, 6) is -0.759. The largest absolute Gasteiger partial charge is 0.489 e. The molecule has 3 N–H and O–H groups in total. The van der Waals surface area contributed by atoms with Gasteiger partial charge in [-0.05, 0) is 31.9 Å². The van der Waals surface area contributed by atoms with E-state index in [9.17, 15) is 13.9 Å². The average molecular weight is 341 g/mol. The second kappa shape index (κ2) is 8.82. The third-order valence-electron chi connectivity index (χ3n) is 3.96. The highest BCUT2D eigenvalue weighted by Crippen LogP contribution is 2.29.